The van der Waals surface area contributed by atoms with E-state index in [4.69, 9.17) is 5.73 Å². The van der Waals surface area contributed by atoms with Crippen LogP contribution in [0.4, 0.5) is 0 Å². The van der Waals surface area contributed by atoms with E-state index < -0.39 is 6.04 Å². The lowest BCUT2D eigenvalue weighted by Crippen LogP contribution is -2.39. The molecule has 16 heavy (non-hydrogen) atoms. The van der Waals surface area contributed by atoms with Crippen molar-refractivity contribution in [2.75, 3.05) is 0 Å². The van der Waals surface area contributed by atoms with E-state index in [1.54, 1.807) is 6.92 Å². The summed E-state index contributed by atoms with van der Waals surface area (Å²) in [4.78, 5) is 11.5. The maximum atomic E-state index is 11.5. The van der Waals surface area contributed by atoms with E-state index in [9.17, 15) is 4.79 Å². The molecule has 4 heteroatoms. The van der Waals surface area contributed by atoms with Crippen LogP contribution in [-0.4, -0.2) is 11.9 Å². The summed E-state index contributed by atoms with van der Waals surface area (Å²) in [6.07, 6.45) is 2.03. The number of hydrogen-bond donors (Lipinski definition) is 2. The summed E-state index contributed by atoms with van der Waals surface area (Å²) in [5.41, 5.74) is 8.10. The minimum absolute atomic E-state index is 0. The van der Waals surface area contributed by atoms with Gasteiger partial charge in [-0.1, -0.05) is 24.3 Å². The van der Waals surface area contributed by atoms with Crippen LogP contribution in [0.3, 0.4) is 0 Å². The van der Waals surface area contributed by atoms with E-state index in [-0.39, 0.29) is 24.4 Å². The maximum Gasteiger partial charge on any atom is 0.237 e. The van der Waals surface area contributed by atoms with Gasteiger partial charge in [0.15, 0.2) is 0 Å². The van der Waals surface area contributed by atoms with Crippen LogP contribution < -0.4 is 11.1 Å². The lowest BCUT2D eigenvalue weighted by Gasteiger charge is -2.15. The highest BCUT2D eigenvalue weighted by Gasteiger charge is 2.23. The normalized spacial score (nSPS) is 19.5. The number of hydrogen-bond acceptors (Lipinski definition) is 2. The average molecular weight is 241 g/mol. The molecule has 2 rings (SSSR count). The molecule has 1 unspecified atom stereocenters. The molecule has 2 atom stereocenters. The van der Waals surface area contributed by atoms with Crippen molar-refractivity contribution in [1.29, 1.82) is 0 Å². The van der Waals surface area contributed by atoms with Gasteiger partial charge in [0, 0.05) is 0 Å². The highest BCUT2D eigenvalue weighted by Crippen LogP contribution is 2.30. The topological polar surface area (TPSA) is 55.1 Å². The van der Waals surface area contributed by atoms with E-state index >= 15 is 0 Å². The number of nitrogens with two attached hydrogens (primary N) is 1. The molecule has 0 radical (unpaired) electrons. The number of carbonyl (C=O) groups is 1. The fraction of sp³-hybridized carbons (Fsp3) is 0.417. The molecule has 1 aromatic rings. The Kier molecular flexibility index (Phi) is 4.33. The molecule has 0 saturated carbocycles. The number of benzene rings is 1. The third-order valence-electron chi connectivity index (χ3n) is 2.86. The van der Waals surface area contributed by atoms with Crippen molar-refractivity contribution in [3.63, 3.8) is 0 Å². The van der Waals surface area contributed by atoms with Crippen molar-refractivity contribution in [2.45, 2.75) is 31.8 Å². The third kappa shape index (κ3) is 2.54. The molecule has 1 amide bonds. The fourth-order valence-electron chi connectivity index (χ4n) is 2.01. The molecule has 0 aromatic heterocycles. The summed E-state index contributed by atoms with van der Waals surface area (Å²) in [7, 11) is 0. The lowest BCUT2D eigenvalue weighted by atomic mass is 10.1. The van der Waals surface area contributed by atoms with Crippen LogP contribution in [0, 0.1) is 0 Å². The Morgan fingerprint density at radius 1 is 1.50 bits per heavy atom. The van der Waals surface area contributed by atoms with Gasteiger partial charge in [-0.3, -0.25) is 4.79 Å². The first-order valence-corrected chi connectivity index (χ1v) is 5.32. The molecule has 88 valence electrons. The zero-order valence-corrected chi connectivity index (χ0v) is 10.1. The summed E-state index contributed by atoms with van der Waals surface area (Å²) in [6, 6.07) is 7.96. The van der Waals surface area contributed by atoms with Crippen molar-refractivity contribution in [2.24, 2.45) is 5.73 Å². The first-order valence-electron chi connectivity index (χ1n) is 5.32. The Bertz CT molecular complexity index is 379. The smallest absolute Gasteiger partial charge is 0.237 e. The molecule has 0 fully saturated rings. The Morgan fingerprint density at radius 2 is 2.19 bits per heavy atom. The molecule has 1 aliphatic carbocycles. The van der Waals surface area contributed by atoms with Gasteiger partial charge in [-0.2, -0.15) is 0 Å². The van der Waals surface area contributed by atoms with Crippen molar-refractivity contribution >= 4 is 18.3 Å². The van der Waals surface area contributed by atoms with E-state index in [0.717, 1.165) is 12.8 Å². The van der Waals surface area contributed by atoms with Crippen LogP contribution in [0.15, 0.2) is 24.3 Å². The maximum absolute atomic E-state index is 11.5. The van der Waals surface area contributed by atoms with E-state index in [1.807, 2.05) is 12.1 Å². The van der Waals surface area contributed by atoms with Gasteiger partial charge in [0.2, 0.25) is 5.91 Å². The molecular formula is C12H17ClN2O. The number of carbonyl (C=O) groups excluding carboxylic acids is 1. The van der Waals surface area contributed by atoms with E-state index in [1.165, 1.54) is 11.1 Å². The quantitative estimate of drug-likeness (QED) is 0.824. The number of nitrogens with one attached hydrogen (secondary N) is 1. The standard InChI is InChI=1S/C12H16N2O.ClH/c1-8(13)12(15)14-11-7-6-9-4-2-3-5-10(9)11;/h2-5,8,11H,6-7,13H2,1H3,(H,14,15);1H/t8-,11?;/m0./s1. The van der Waals surface area contributed by atoms with Gasteiger partial charge >= 0.3 is 0 Å². The largest absolute Gasteiger partial charge is 0.348 e. The molecule has 0 bridgehead atoms. The van der Waals surface area contributed by atoms with E-state index in [2.05, 4.69) is 17.4 Å². The molecule has 0 heterocycles. The van der Waals surface area contributed by atoms with Crippen LogP contribution in [0.25, 0.3) is 0 Å². The predicted octanol–water partition coefficient (Wildman–Crippen LogP) is 1.56. The van der Waals surface area contributed by atoms with Crippen LogP contribution in [0.5, 0.6) is 0 Å². The second-order valence-electron chi connectivity index (χ2n) is 4.09. The first-order chi connectivity index (χ1) is 7.18. The number of aryl methyl sites for hydroxylation is 1. The van der Waals surface area contributed by atoms with Gasteiger partial charge in [0.25, 0.3) is 0 Å². The monoisotopic (exact) mass is 240 g/mol. The Morgan fingerprint density at radius 3 is 2.88 bits per heavy atom. The molecule has 3 nitrogen and oxygen atoms in total. The molecule has 0 spiro atoms. The SMILES string of the molecule is C[C@H](N)C(=O)NC1CCc2ccccc21.Cl. The first kappa shape index (κ1) is 13.0. The summed E-state index contributed by atoms with van der Waals surface area (Å²) in [6.45, 7) is 1.70. The van der Waals surface area contributed by atoms with Gasteiger partial charge in [-0.05, 0) is 30.9 Å². The minimum Gasteiger partial charge on any atom is -0.348 e. The number of rotatable bonds is 2. The Labute approximate surface area is 102 Å². The molecule has 3 N–H and O–H groups in total. The van der Waals surface area contributed by atoms with Gasteiger partial charge < -0.3 is 11.1 Å². The Balaban J connectivity index is 0.00000128. The number of fused-ring (bicyclic) bond motifs is 1. The summed E-state index contributed by atoms with van der Waals surface area (Å²) in [5, 5.41) is 2.97. The number of halogens is 1. The van der Waals surface area contributed by atoms with Crippen LogP contribution in [0.1, 0.15) is 30.5 Å². The highest BCUT2D eigenvalue weighted by molar-refractivity contribution is 5.85. The summed E-state index contributed by atoms with van der Waals surface area (Å²) < 4.78 is 0. The summed E-state index contributed by atoms with van der Waals surface area (Å²) >= 11 is 0. The minimum atomic E-state index is -0.433. The predicted molar refractivity (Wildman–Crippen MR) is 66.5 cm³/mol. The second-order valence-corrected chi connectivity index (χ2v) is 4.09. The van der Waals surface area contributed by atoms with Gasteiger partial charge in [0.1, 0.15) is 0 Å². The van der Waals surface area contributed by atoms with Gasteiger partial charge in [-0.25, -0.2) is 0 Å². The third-order valence-corrected chi connectivity index (χ3v) is 2.86. The lowest BCUT2D eigenvalue weighted by molar-refractivity contribution is -0.122. The fourth-order valence-corrected chi connectivity index (χ4v) is 2.01. The van der Waals surface area contributed by atoms with Crippen LogP contribution in [0.2, 0.25) is 0 Å². The molecular weight excluding hydrogens is 224 g/mol. The zero-order chi connectivity index (χ0) is 10.8. The van der Waals surface area contributed by atoms with Gasteiger partial charge in [0.05, 0.1) is 12.1 Å². The zero-order valence-electron chi connectivity index (χ0n) is 9.27. The highest BCUT2D eigenvalue weighted by atomic mass is 35.5. The van der Waals surface area contributed by atoms with Crippen molar-refractivity contribution in [3.05, 3.63) is 35.4 Å². The molecule has 0 saturated heterocycles. The van der Waals surface area contributed by atoms with Crippen molar-refractivity contribution in [1.82, 2.24) is 5.32 Å². The molecule has 1 aliphatic rings. The molecule has 0 aliphatic heterocycles. The van der Waals surface area contributed by atoms with Crippen molar-refractivity contribution < 1.29 is 4.79 Å². The number of amides is 1. The van der Waals surface area contributed by atoms with Crippen LogP contribution in [-0.2, 0) is 11.2 Å². The Hall–Kier alpha value is -1.06. The van der Waals surface area contributed by atoms with Crippen molar-refractivity contribution in [3.8, 4) is 0 Å². The summed E-state index contributed by atoms with van der Waals surface area (Å²) in [5.74, 6) is -0.0725. The molecule has 1 aromatic carbocycles. The average Bonchev–Trinajstić information content (AvgIpc) is 2.62. The van der Waals surface area contributed by atoms with Crippen LogP contribution >= 0.6 is 12.4 Å². The second kappa shape index (κ2) is 5.32. The van der Waals surface area contributed by atoms with E-state index in [0.29, 0.717) is 0 Å². The van der Waals surface area contributed by atoms with Gasteiger partial charge in [-0.15, -0.1) is 12.4 Å².